The minimum Gasteiger partial charge on any atom is -0.371 e. The zero-order valence-electron chi connectivity index (χ0n) is 21.2. The molecular weight excluding hydrogens is 388 g/mol. The molecule has 0 heterocycles. The van der Waals surface area contributed by atoms with E-state index in [1.54, 1.807) is 0 Å². The molecule has 1 atom stereocenters. The molecule has 0 aliphatic rings. The van der Waals surface area contributed by atoms with Crippen LogP contribution in [0.1, 0.15) is 112 Å². The summed E-state index contributed by atoms with van der Waals surface area (Å²) in [5.41, 5.74) is 0. The Bertz CT molecular complexity index is 351. The molecule has 3 nitrogen and oxygen atoms in total. The lowest BCUT2D eigenvalue weighted by molar-refractivity contribution is 0.0877. The molecule has 0 N–H and O–H groups in total. The van der Waals surface area contributed by atoms with Crippen LogP contribution in [0.3, 0.4) is 0 Å². The van der Waals surface area contributed by atoms with Crippen molar-refractivity contribution in [1.29, 1.82) is 0 Å². The fourth-order valence-electron chi connectivity index (χ4n) is 3.54. The van der Waals surface area contributed by atoms with Gasteiger partial charge in [0.05, 0.1) is 0 Å². The van der Waals surface area contributed by atoms with Crippen LogP contribution in [0.15, 0.2) is 12.7 Å². The first kappa shape index (κ1) is 29.8. The SMILES string of the molecule is C=CC(CCCO[Si](OCCCCCC(C)C)OCCCCCC(C)C)CC(C)C. The molecule has 0 aliphatic carbocycles. The van der Waals surface area contributed by atoms with Crippen LogP contribution in [0.4, 0.5) is 0 Å². The third-order valence-corrected chi connectivity index (χ3v) is 6.66. The summed E-state index contributed by atoms with van der Waals surface area (Å²) in [7, 11) is -1.60. The van der Waals surface area contributed by atoms with E-state index in [-0.39, 0.29) is 0 Å². The molecule has 0 fully saturated rings. The Hall–Kier alpha value is -0.163. The van der Waals surface area contributed by atoms with Crippen molar-refractivity contribution in [2.24, 2.45) is 23.7 Å². The standard InChI is InChI=1S/C26H53O3Si/c1-8-26(22-25(6)7)18-15-21-29-30(27-19-13-9-11-16-23(2)3)28-20-14-10-12-17-24(4)5/h8,23-26H,1,9-22H2,2-7H3. The molecule has 0 spiro atoms. The average Bonchev–Trinajstić information content (AvgIpc) is 2.67. The third-order valence-electron chi connectivity index (χ3n) is 5.34. The molecule has 0 saturated carbocycles. The van der Waals surface area contributed by atoms with Crippen LogP contribution in [0, 0.1) is 23.7 Å². The first-order valence-corrected chi connectivity index (χ1v) is 14.0. The lowest BCUT2D eigenvalue weighted by Crippen LogP contribution is -2.29. The van der Waals surface area contributed by atoms with Crippen molar-refractivity contribution in [1.82, 2.24) is 0 Å². The van der Waals surface area contributed by atoms with Crippen molar-refractivity contribution in [3.8, 4) is 0 Å². The molecule has 0 amide bonds. The van der Waals surface area contributed by atoms with Gasteiger partial charge in [-0.2, -0.15) is 0 Å². The number of hydrogen-bond acceptors (Lipinski definition) is 3. The van der Waals surface area contributed by atoms with E-state index in [1.165, 1.54) is 44.9 Å². The fourth-order valence-corrected chi connectivity index (χ4v) is 4.72. The molecular formula is C26H53O3Si. The van der Waals surface area contributed by atoms with Crippen LogP contribution in [-0.2, 0) is 13.3 Å². The van der Waals surface area contributed by atoms with Gasteiger partial charge >= 0.3 is 9.53 Å². The fraction of sp³-hybridized carbons (Fsp3) is 0.923. The van der Waals surface area contributed by atoms with Crippen LogP contribution in [-0.4, -0.2) is 29.3 Å². The van der Waals surface area contributed by atoms with Gasteiger partial charge in [0.15, 0.2) is 0 Å². The van der Waals surface area contributed by atoms with Gasteiger partial charge in [0, 0.05) is 19.8 Å². The summed E-state index contributed by atoms with van der Waals surface area (Å²) in [5, 5.41) is 0. The van der Waals surface area contributed by atoms with Gasteiger partial charge in [0.2, 0.25) is 0 Å². The molecule has 0 bridgehead atoms. The molecule has 1 unspecified atom stereocenters. The third kappa shape index (κ3) is 21.1. The summed E-state index contributed by atoms with van der Waals surface area (Å²) in [5.74, 6) is 2.89. The first-order valence-electron chi connectivity index (χ1n) is 12.7. The van der Waals surface area contributed by atoms with Gasteiger partial charge in [-0.25, -0.2) is 0 Å². The quantitative estimate of drug-likeness (QED) is 0.0965. The second-order valence-electron chi connectivity index (χ2n) is 10.0. The van der Waals surface area contributed by atoms with E-state index in [4.69, 9.17) is 13.3 Å². The van der Waals surface area contributed by atoms with Gasteiger partial charge in [-0.15, -0.1) is 6.58 Å². The highest BCUT2D eigenvalue weighted by atomic mass is 28.3. The minimum absolute atomic E-state index is 0.591. The Labute approximate surface area is 191 Å². The van der Waals surface area contributed by atoms with E-state index in [2.05, 4.69) is 54.2 Å². The number of hydrogen-bond donors (Lipinski definition) is 0. The van der Waals surface area contributed by atoms with E-state index in [0.29, 0.717) is 11.8 Å². The van der Waals surface area contributed by atoms with Crippen molar-refractivity contribution in [2.75, 3.05) is 19.8 Å². The summed E-state index contributed by atoms with van der Waals surface area (Å²) in [6, 6.07) is 0. The Morgan fingerprint density at radius 2 is 1.07 bits per heavy atom. The Kier molecular flexibility index (Phi) is 20.6. The Balaban J connectivity index is 4.10. The monoisotopic (exact) mass is 441 g/mol. The largest absolute Gasteiger partial charge is 0.577 e. The molecule has 179 valence electrons. The number of allylic oxidation sites excluding steroid dienone is 1. The van der Waals surface area contributed by atoms with Gasteiger partial charge in [-0.05, 0) is 55.8 Å². The highest BCUT2D eigenvalue weighted by molar-refractivity contribution is 6.36. The van der Waals surface area contributed by atoms with Crippen LogP contribution in [0.25, 0.3) is 0 Å². The molecule has 1 radical (unpaired) electrons. The highest BCUT2D eigenvalue weighted by Crippen LogP contribution is 2.18. The molecule has 0 saturated heterocycles. The molecule has 0 rings (SSSR count). The zero-order valence-corrected chi connectivity index (χ0v) is 22.2. The summed E-state index contributed by atoms with van der Waals surface area (Å²) in [6.07, 6.45) is 15.4. The van der Waals surface area contributed by atoms with Gasteiger partial charge in [-0.1, -0.05) is 86.1 Å². The summed E-state index contributed by atoms with van der Waals surface area (Å²) in [6.45, 7) is 20.0. The molecule has 0 aromatic carbocycles. The number of unbranched alkanes of at least 4 members (excludes halogenated alkanes) is 4. The summed E-state index contributed by atoms with van der Waals surface area (Å²) >= 11 is 0. The molecule has 4 heteroatoms. The van der Waals surface area contributed by atoms with Gasteiger partial charge in [-0.3, -0.25) is 0 Å². The van der Waals surface area contributed by atoms with Crippen LogP contribution in [0.2, 0.25) is 0 Å². The minimum atomic E-state index is -1.60. The first-order chi connectivity index (χ1) is 14.3. The van der Waals surface area contributed by atoms with Gasteiger partial charge in [0.25, 0.3) is 0 Å². The van der Waals surface area contributed by atoms with E-state index < -0.39 is 9.53 Å². The highest BCUT2D eigenvalue weighted by Gasteiger charge is 2.19. The Morgan fingerprint density at radius 1 is 0.600 bits per heavy atom. The van der Waals surface area contributed by atoms with Crippen molar-refractivity contribution < 1.29 is 13.3 Å². The van der Waals surface area contributed by atoms with E-state index in [9.17, 15) is 0 Å². The molecule has 0 aromatic heterocycles. The normalized spacial score (nSPS) is 13.1. The molecule has 30 heavy (non-hydrogen) atoms. The molecule has 0 aromatic rings. The smallest absolute Gasteiger partial charge is 0.371 e. The average molecular weight is 442 g/mol. The van der Waals surface area contributed by atoms with E-state index >= 15 is 0 Å². The second-order valence-corrected chi connectivity index (χ2v) is 11.4. The second kappa shape index (κ2) is 20.7. The van der Waals surface area contributed by atoms with Crippen molar-refractivity contribution in [3.05, 3.63) is 12.7 Å². The zero-order chi connectivity index (χ0) is 22.6. The lowest BCUT2D eigenvalue weighted by Gasteiger charge is -2.17. The predicted octanol–water partition coefficient (Wildman–Crippen LogP) is 8.08. The van der Waals surface area contributed by atoms with Crippen LogP contribution >= 0.6 is 0 Å². The number of rotatable bonds is 22. The maximum Gasteiger partial charge on any atom is 0.577 e. The van der Waals surface area contributed by atoms with Crippen molar-refractivity contribution in [3.63, 3.8) is 0 Å². The summed E-state index contributed by atoms with van der Waals surface area (Å²) in [4.78, 5) is 0. The predicted molar refractivity (Wildman–Crippen MR) is 133 cm³/mol. The van der Waals surface area contributed by atoms with Crippen molar-refractivity contribution in [2.45, 2.75) is 112 Å². The van der Waals surface area contributed by atoms with Crippen LogP contribution in [0.5, 0.6) is 0 Å². The van der Waals surface area contributed by atoms with E-state index in [0.717, 1.165) is 57.3 Å². The lowest BCUT2D eigenvalue weighted by atomic mass is 9.93. The maximum absolute atomic E-state index is 6.05. The van der Waals surface area contributed by atoms with Crippen molar-refractivity contribution >= 4 is 9.53 Å². The Morgan fingerprint density at radius 3 is 1.47 bits per heavy atom. The van der Waals surface area contributed by atoms with Crippen LogP contribution < -0.4 is 0 Å². The molecule has 0 aliphatic heterocycles. The van der Waals surface area contributed by atoms with E-state index in [1.807, 2.05) is 0 Å². The van der Waals surface area contributed by atoms with Gasteiger partial charge < -0.3 is 13.3 Å². The van der Waals surface area contributed by atoms with Gasteiger partial charge in [0.1, 0.15) is 0 Å². The maximum atomic E-state index is 6.05. The summed E-state index contributed by atoms with van der Waals surface area (Å²) < 4.78 is 18.1. The topological polar surface area (TPSA) is 27.7 Å².